The van der Waals surface area contributed by atoms with E-state index in [9.17, 15) is 9.65 Å². The molecule has 0 aliphatic carbocycles. The van der Waals surface area contributed by atoms with E-state index in [2.05, 4.69) is 11.1 Å². The minimum atomic E-state index is -0.328. The molecule has 0 saturated carbocycles. The number of hydrogen-bond donors (Lipinski definition) is 0. The van der Waals surface area contributed by atoms with Gasteiger partial charge in [-0.3, -0.25) is 4.98 Å². The number of hydrogen-bond acceptors (Lipinski definition) is 2. The van der Waals surface area contributed by atoms with Crippen molar-refractivity contribution in [2.45, 2.75) is 6.92 Å². The summed E-state index contributed by atoms with van der Waals surface area (Å²) in [6, 6.07) is 9.84. The molecule has 0 bridgehead atoms. The van der Waals surface area contributed by atoms with E-state index < -0.39 is 0 Å². The number of nitriles is 1. The van der Waals surface area contributed by atoms with Gasteiger partial charge in [0.2, 0.25) is 0 Å². The third-order valence-corrected chi connectivity index (χ3v) is 3.10. The number of aryl methyl sites for hydroxylation is 1. The molecule has 94 valence electrons. The van der Waals surface area contributed by atoms with Crippen molar-refractivity contribution in [2.24, 2.45) is 0 Å². The molecule has 0 N–H and O–H groups in total. The first-order valence-corrected chi connectivity index (χ1v) is 5.98. The minimum Gasteiger partial charge on any atom is -0.264 e. The van der Waals surface area contributed by atoms with Crippen molar-refractivity contribution in [1.82, 2.24) is 4.98 Å². The zero-order valence-electron chi connectivity index (χ0n) is 10.2. The highest BCUT2D eigenvalue weighted by molar-refractivity contribution is 6.53. The van der Waals surface area contributed by atoms with Crippen LogP contribution in [-0.2, 0) is 0 Å². The lowest BCUT2D eigenvalue weighted by atomic mass is 10.0. The van der Waals surface area contributed by atoms with Crippen molar-refractivity contribution in [3.63, 3.8) is 0 Å². The molecule has 0 aliphatic rings. The third-order valence-electron chi connectivity index (χ3n) is 2.71. The topological polar surface area (TPSA) is 36.7 Å². The van der Waals surface area contributed by atoms with Gasteiger partial charge in [-0.25, -0.2) is 4.39 Å². The maximum atomic E-state index is 13.1. The molecule has 0 atom stereocenters. The number of aromatic nitrogens is 1. The highest BCUT2D eigenvalue weighted by Gasteiger charge is 2.12. The van der Waals surface area contributed by atoms with Crippen LogP contribution in [0.2, 0.25) is 0 Å². The molecule has 1 aromatic heterocycles. The quantitative estimate of drug-likeness (QED) is 0.770. The van der Waals surface area contributed by atoms with Crippen molar-refractivity contribution >= 4 is 22.2 Å². The summed E-state index contributed by atoms with van der Waals surface area (Å²) >= 11 is 6.27. The van der Waals surface area contributed by atoms with Crippen LogP contribution >= 0.6 is 11.6 Å². The van der Waals surface area contributed by atoms with Crippen LogP contribution in [0, 0.1) is 24.1 Å². The van der Waals surface area contributed by atoms with Gasteiger partial charge in [-0.05, 0) is 36.2 Å². The fourth-order valence-corrected chi connectivity index (χ4v) is 2.12. The number of allylic oxidation sites excluding steroid dienone is 1. The van der Waals surface area contributed by atoms with Gasteiger partial charge in [0.25, 0.3) is 0 Å². The molecular formula is C15H10ClFN2. The van der Waals surface area contributed by atoms with E-state index in [1.165, 1.54) is 12.1 Å². The fourth-order valence-electron chi connectivity index (χ4n) is 1.76. The number of halogens is 2. The average Bonchev–Trinajstić information content (AvgIpc) is 2.40. The van der Waals surface area contributed by atoms with E-state index in [-0.39, 0.29) is 5.82 Å². The maximum Gasteiger partial charge on any atom is 0.123 e. The van der Waals surface area contributed by atoms with Crippen molar-refractivity contribution in [3.8, 4) is 6.07 Å². The lowest BCUT2D eigenvalue weighted by molar-refractivity contribution is 0.626. The Morgan fingerprint density at radius 3 is 2.74 bits per heavy atom. The van der Waals surface area contributed by atoms with Crippen LogP contribution in [0.1, 0.15) is 16.7 Å². The van der Waals surface area contributed by atoms with Crippen LogP contribution in [0.5, 0.6) is 0 Å². The number of pyridine rings is 1. The Bertz CT molecular complexity index is 672. The molecule has 1 aromatic carbocycles. The normalized spacial score (nSPS) is 11.7. The predicted molar refractivity (Wildman–Crippen MR) is 73.7 cm³/mol. The van der Waals surface area contributed by atoms with Crippen LogP contribution in [0.3, 0.4) is 0 Å². The molecule has 2 rings (SSSR count). The SMILES string of the molecule is Cc1cc(F)ccc1/C(Cl)=C(/C#N)c1cccnc1. The van der Waals surface area contributed by atoms with E-state index in [0.29, 0.717) is 27.3 Å². The van der Waals surface area contributed by atoms with Crippen molar-refractivity contribution in [1.29, 1.82) is 5.26 Å². The van der Waals surface area contributed by atoms with Crippen LogP contribution < -0.4 is 0 Å². The van der Waals surface area contributed by atoms with Gasteiger partial charge in [-0.2, -0.15) is 5.26 Å². The second-order valence-electron chi connectivity index (χ2n) is 4.00. The van der Waals surface area contributed by atoms with E-state index >= 15 is 0 Å². The summed E-state index contributed by atoms with van der Waals surface area (Å²) in [5.74, 6) is -0.328. The van der Waals surface area contributed by atoms with Gasteiger partial charge >= 0.3 is 0 Å². The van der Waals surface area contributed by atoms with Crippen molar-refractivity contribution in [2.75, 3.05) is 0 Å². The molecule has 4 heteroatoms. The van der Waals surface area contributed by atoms with Crippen LogP contribution in [0.25, 0.3) is 10.6 Å². The van der Waals surface area contributed by atoms with E-state index in [0.717, 1.165) is 0 Å². The first kappa shape index (κ1) is 13.3. The smallest absolute Gasteiger partial charge is 0.123 e. The molecule has 0 radical (unpaired) electrons. The zero-order chi connectivity index (χ0) is 13.8. The molecule has 0 spiro atoms. The van der Waals surface area contributed by atoms with Gasteiger partial charge in [-0.1, -0.05) is 23.7 Å². The second-order valence-corrected chi connectivity index (χ2v) is 4.38. The Morgan fingerprint density at radius 1 is 1.37 bits per heavy atom. The van der Waals surface area contributed by atoms with E-state index in [1.54, 1.807) is 37.5 Å². The van der Waals surface area contributed by atoms with Crippen LogP contribution in [0.4, 0.5) is 4.39 Å². The van der Waals surface area contributed by atoms with E-state index in [1.807, 2.05) is 0 Å². The summed E-state index contributed by atoms with van der Waals surface area (Å²) < 4.78 is 13.1. The summed E-state index contributed by atoms with van der Waals surface area (Å²) in [5, 5.41) is 9.56. The van der Waals surface area contributed by atoms with Gasteiger partial charge in [-0.15, -0.1) is 0 Å². The first-order chi connectivity index (χ1) is 9.13. The summed E-state index contributed by atoms with van der Waals surface area (Å²) in [4.78, 5) is 3.96. The van der Waals surface area contributed by atoms with E-state index in [4.69, 9.17) is 11.6 Å². The molecule has 2 aromatic rings. The van der Waals surface area contributed by atoms with Crippen LogP contribution in [-0.4, -0.2) is 4.98 Å². The van der Waals surface area contributed by atoms with Gasteiger partial charge in [0, 0.05) is 18.0 Å². The zero-order valence-corrected chi connectivity index (χ0v) is 10.9. The minimum absolute atomic E-state index is 0.299. The maximum absolute atomic E-state index is 13.1. The summed E-state index contributed by atoms with van der Waals surface area (Å²) in [7, 11) is 0. The summed E-state index contributed by atoms with van der Waals surface area (Å²) in [6.07, 6.45) is 3.19. The number of nitrogens with zero attached hydrogens (tertiary/aromatic N) is 2. The third kappa shape index (κ3) is 2.81. The van der Waals surface area contributed by atoms with Crippen molar-refractivity contribution < 1.29 is 4.39 Å². The molecular weight excluding hydrogens is 263 g/mol. The predicted octanol–water partition coefficient (Wildman–Crippen LogP) is 4.16. The molecule has 0 unspecified atom stereocenters. The standard InChI is InChI=1S/C15H10ClFN2/c1-10-7-12(17)4-5-13(10)15(16)14(8-18)11-3-2-6-19-9-11/h2-7,9H,1H3/b15-14+. The Kier molecular flexibility index (Phi) is 3.94. The van der Waals surface area contributed by atoms with Gasteiger partial charge in [0.1, 0.15) is 11.9 Å². The monoisotopic (exact) mass is 272 g/mol. The second kappa shape index (κ2) is 5.64. The Balaban J connectivity index is 2.59. The van der Waals surface area contributed by atoms with Crippen LogP contribution in [0.15, 0.2) is 42.7 Å². The Labute approximate surface area is 115 Å². The molecule has 2 nitrogen and oxygen atoms in total. The molecule has 0 saturated heterocycles. The van der Waals surface area contributed by atoms with Crippen molar-refractivity contribution in [3.05, 3.63) is 65.2 Å². The average molecular weight is 273 g/mol. The highest BCUT2D eigenvalue weighted by atomic mass is 35.5. The number of rotatable bonds is 2. The fraction of sp³-hybridized carbons (Fsp3) is 0.0667. The molecule has 1 heterocycles. The largest absolute Gasteiger partial charge is 0.264 e. The first-order valence-electron chi connectivity index (χ1n) is 5.60. The molecule has 19 heavy (non-hydrogen) atoms. The Morgan fingerprint density at radius 2 is 2.16 bits per heavy atom. The van der Waals surface area contributed by atoms with Gasteiger partial charge < -0.3 is 0 Å². The summed E-state index contributed by atoms with van der Waals surface area (Å²) in [6.45, 7) is 1.75. The lowest BCUT2D eigenvalue weighted by Gasteiger charge is -2.07. The van der Waals surface area contributed by atoms with Gasteiger partial charge in [0.05, 0.1) is 10.6 Å². The summed E-state index contributed by atoms with van der Waals surface area (Å²) in [5.41, 5.74) is 2.29. The molecule has 0 fully saturated rings. The molecule has 0 amide bonds. The molecule has 0 aliphatic heterocycles. The number of benzene rings is 1. The lowest BCUT2D eigenvalue weighted by Crippen LogP contribution is -1.91. The highest BCUT2D eigenvalue weighted by Crippen LogP contribution is 2.31. The Hall–Kier alpha value is -2.18. The van der Waals surface area contributed by atoms with Gasteiger partial charge in [0.15, 0.2) is 0 Å².